The van der Waals surface area contributed by atoms with Gasteiger partial charge in [-0.05, 0) is 49.6 Å². The Morgan fingerprint density at radius 2 is 1.82 bits per heavy atom. The molecule has 13 heteroatoms. The Morgan fingerprint density at radius 3 is 2.45 bits per heavy atom. The number of hydrogen-bond donors (Lipinski definition) is 2. The van der Waals surface area contributed by atoms with Gasteiger partial charge in [0, 0.05) is 19.5 Å². The average Bonchev–Trinajstić information content (AvgIpc) is 3.47. The van der Waals surface area contributed by atoms with Crippen LogP contribution in [0.3, 0.4) is 0 Å². The molecule has 2 aromatic carbocycles. The number of aryl methyl sites for hydroxylation is 1. The lowest BCUT2D eigenvalue weighted by Gasteiger charge is -2.38. The smallest absolute Gasteiger partial charge is 0.271 e. The van der Waals surface area contributed by atoms with Gasteiger partial charge in [0.05, 0.1) is 35.3 Å². The Hall–Kier alpha value is -2.97. The number of sulfonamides is 2. The number of para-hydroxylation sites is 1. The van der Waals surface area contributed by atoms with E-state index in [9.17, 15) is 26.7 Å². The van der Waals surface area contributed by atoms with Gasteiger partial charge in [0.1, 0.15) is 10.3 Å². The van der Waals surface area contributed by atoms with E-state index >= 15 is 0 Å². The molecule has 0 spiro atoms. The molecule has 1 aromatic heterocycles. The van der Waals surface area contributed by atoms with Gasteiger partial charge in [-0.3, -0.25) is 9.52 Å². The number of aliphatic hydroxyl groups is 1. The minimum absolute atomic E-state index is 0.000421. The molecule has 3 atom stereocenters. The van der Waals surface area contributed by atoms with Crippen LogP contribution in [0.5, 0.6) is 5.75 Å². The van der Waals surface area contributed by atoms with E-state index in [1.54, 1.807) is 48.7 Å². The fourth-order valence-corrected chi connectivity index (χ4v) is 7.63. The fraction of sp³-hybridized carbons (Fsp3) is 0.370. The van der Waals surface area contributed by atoms with E-state index in [0.29, 0.717) is 0 Å². The van der Waals surface area contributed by atoms with E-state index in [-0.39, 0.29) is 51.7 Å². The molecule has 0 saturated carbocycles. The van der Waals surface area contributed by atoms with Crippen LogP contribution in [0.25, 0.3) is 0 Å². The first-order chi connectivity index (χ1) is 18.8. The molecule has 216 valence electrons. The molecule has 0 saturated heterocycles. The van der Waals surface area contributed by atoms with Crippen LogP contribution in [0.1, 0.15) is 29.8 Å². The van der Waals surface area contributed by atoms with Crippen LogP contribution in [0.15, 0.2) is 69.1 Å². The molecule has 0 bridgehead atoms. The molecule has 1 amide bonds. The molecule has 3 aromatic rings. The van der Waals surface area contributed by atoms with Gasteiger partial charge in [-0.15, -0.1) is 11.3 Å². The summed E-state index contributed by atoms with van der Waals surface area (Å²) in [5.74, 6) is -0.816. The van der Waals surface area contributed by atoms with Crippen LogP contribution in [-0.4, -0.2) is 75.9 Å². The maximum atomic E-state index is 13.6. The molecule has 2 N–H and O–H groups in total. The second-order valence-electron chi connectivity index (χ2n) is 9.94. The van der Waals surface area contributed by atoms with Crippen molar-refractivity contribution in [1.82, 2.24) is 9.21 Å². The van der Waals surface area contributed by atoms with Crippen LogP contribution in [0.2, 0.25) is 0 Å². The Balaban J connectivity index is 1.75. The molecule has 2 heterocycles. The summed E-state index contributed by atoms with van der Waals surface area (Å²) in [6.07, 6.45) is -0.766. The van der Waals surface area contributed by atoms with E-state index in [4.69, 9.17) is 4.74 Å². The van der Waals surface area contributed by atoms with Crippen molar-refractivity contribution in [2.75, 3.05) is 31.5 Å². The Morgan fingerprint density at radius 1 is 1.12 bits per heavy atom. The Kier molecular flexibility index (Phi) is 8.90. The molecule has 0 unspecified atom stereocenters. The Labute approximate surface area is 239 Å². The number of ether oxygens (including phenoxy) is 1. The second-order valence-corrected chi connectivity index (χ2v) is 14.8. The topological polar surface area (TPSA) is 133 Å². The number of fused-ring (bicyclic) bond motifs is 1. The Bertz CT molecular complexity index is 1560. The monoisotopic (exact) mass is 607 g/mol. The van der Waals surface area contributed by atoms with Gasteiger partial charge >= 0.3 is 0 Å². The van der Waals surface area contributed by atoms with E-state index in [1.807, 2.05) is 13.8 Å². The SMILES string of the molecule is Cc1ccc(S(=O)(=O)N(C)C[C@H]2Oc3c(NS(=O)(=O)c4cccs4)cccc3C(=O)N([C@H](C)CO)C[C@@H]2C)cc1. The quantitative estimate of drug-likeness (QED) is 0.381. The molecule has 1 aliphatic heterocycles. The highest BCUT2D eigenvalue weighted by Crippen LogP contribution is 2.36. The predicted octanol–water partition coefficient (Wildman–Crippen LogP) is 3.40. The highest BCUT2D eigenvalue weighted by molar-refractivity contribution is 7.94. The van der Waals surface area contributed by atoms with Crippen LogP contribution in [0.4, 0.5) is 5.69 Å². The number of hydrogen-bond acceptors (Lipinski definition) is 8. The minimum atomic E-state index is -3.98. The van der Waals surface area contributed by atoms with Gasteiger partial charge in [0.15, 0.2) is 5.75 Å². The van der Waals surface area contributed by atoms with Gasteiger partial charge in [-0.25, -0.2) is 16.8 Å². The largest absolute Gasteiger partial charge is 0.486 e. The summed E-state index contributed by atoms with van der Waals surface area (Å²) in [6, 6.07) is 13.6. The van der Waals surface area contributed by atoms with Crippen molar-refractivity contribution in [3.63, 3.8) is 0 Å². The summed E-state index contributed by atoms with van der Waals surface area (Å²) in [7, 11) is -6.39. The number of carbonyl (C=O) groups excluding carboxylic acids is 1. The number of thiophene rings is 1. The van der Waals surface area contributed by atoms with E-state index in [0.717, 1.165) is 16.9 Å². The number of carbonyl (C=O) groups is 1. The van der Waals surface area contributed by atoms with Crippen LogP contribution < -0.4 is 9.46 Å². The van der Waals surface area contributed by atoms with Gasteiger partial charge in [0.2, 0.25) is 10.0 Å². The van der Waals surface area contributed by atoms with E-state index < -0.39 is 38.1 Å². The summed E-state index contributed by atoms with van der Waals surface area (Å²) in [5.41, 5.74) is 1.09. The predicted molar refractivity (Wildman–Crippen MR) is 154 cm³/mol. The number of nitrogens with zero attached hydrogens (tertiary/aromatic N) is 2. The molecular weight excluding hydrogens is 575 g/mol. The number of nitrogens with one attached hydrogen (secondary N) is 1. The lowest BCUT2D eigenvalue weighted by atomic mass is 9.99. The van der Waals surface area contributed by atoms with Crippen molar-refractivity contribution in [3.05, 3.63) is 71.1 Å². The van der Waals surface area contributed by atoms with Crippen LogP contribution in [-0.2, 0) is 20.0 Å². The highest BCUT2D eigenvalue weighted by atomic mass is 32.2. The van der Waals surface area contributed by atoms with Gasteiger partial charge in [-0.2, -0.15) is 4.31 Å². The highest BCUT2D eigenvalue weighted by Gasteiger charge is 2.36. The van der Waals surface area contributed by atoms with Crippen molar-refractivity contribution in [3.8, 4) is 5.75 Å². The summed E-state index contributed by atoms with van der Waals surface area (Å²) in [6.45, 7) is 5.23. The van der Waals surface area contributed by atoms with Gasteiger partial charge < -0.3 is 14.7 Å². The molecule has 0 fully saturated rings. The van der Waals surface area contributed by atoms with Gasteiger partial charge in [0.25, 0.3) is 15.9 Å². The zero-order valence-corrected chi connectivity index (χ0v) is 25.1. The van der Waals surface area contributed by atoms with Crippen molar-refractivity contribution in [1.29, 1.82) is 0 Å². The minimum Gasteiger partial charge on any atom is -0.486 e. The molecular formula is C27H33N3O7S3. The maximum absolute atomic E-state index is 13.6. The molecule has 0 radical (unpaired) electrons. The van der Waals surface area contributed by atoms with Crippen LogP contribution >= 0.6 is 11.3 Å². The van der Waals surface area contributed by atoms with Crippen LogP contribution in [0, 0.1) is 12.8 Å². The normalized spacial score (nSPS) is 18.9. The standard InChI is InChI=1S/C27H33N3O7S3/c1-18-10-12-21(13-11-18)40(35,36)29(4)16-24-19(2)15-30(20(3)17-31)27(32)22-7-5-8-23(26(22)37-24)28-39(33,34)25-9-6-14-38-25/h5-14,19-20,24,28,31H,15-17H2,1-4H3/t19-,20+,24+/m0/s1. The number of aliphatic hydroxyl groups excluding tert-OH is 1. The molecule has 10 nitrogen and oxygen atoms in total. The number of rotatable bonds is 9. The van der Waals surface area contributed by atoms with Gasteiger partial charge in [-0.1, -0.05) is 36.8 Å². The number of likely N-dealkylation sites (N-methyl/N-ethyl adjacent to an activating group) is 1. The second kappa shape index (κ2) is 11.9. The lowest BCUT2D eigenvalue weighted by Crippen LogP contribution is -2.50. The zero-order valence-electron chi connectivity index (χ0n) is 22.6. The van der Waals surface area contributed by atoms with Crippen molar-refractivity contribution in [2.45, 2.75) is 42.0 Å². The number of benzene rings is 2. The average molecular weight is 608 g/mol. The first-order valence-electron chi connectivity index (χ1n) is 12.7. The fourth-order valence-electron chi connectivity index (χ4n) is 4.39. The molecule has 4 rings (SSSR count). The third-order valence-corrected chi connectivity index (χ3v) is 11.5. The zero-order chi connectivity index (χ0) is 29.2. The van der Waals surface area contributed by atoms with Crippen molar-refractivity contribution < 1.29 is 31.5 Å². The number of amides is 1. The summed E-state index contributed by atoms with van der Waals surface area (Å²) >= 11 is 1.05. The third-order valence-electron chi connectivity index (χ3n) is 6.86. The number of anilines is 1. The third kappa shape index (κ3) is 6.18. The lowest BCUT2D eigenvalue weighted by molar-refractivity contribution is 0.0389. The van der Waals surface area contributed by atoms with E-state index in [2.05, 4.69) is 4.72 Å². The van der Waals surface area contributed by atoms with E-state index in [1.165, 1.54) is 34.5 Å². The van der Waals surface area contributed by atoms with Crippen molar-refractivity contribution >= 4 is 43.0 Å². The summed E-state index contributed by atoms with van der Waals surface area (Å²) in [5, 5.41) is 11.5. The molecule has 40 heavy (non-hydrogen) atoms. The van der Waals surface area contributed by atoms with Crippen molar-refractivity contribution in [2.24, 2.45) is 5.92 Å². The first-order valence-corrected chi connectivity index (χ1v) is 16.5. The first kappa shape index (κ1) is 30.0. The summed E-state index contributed by atoms with van der Waals surface area (Å²) < 4.78 is 63.0. The maximum Gasteiger partial charge on any atom is 0.271 e. The molecule has 1 aliphatic rings. The summed E-state index contributed by atoms with van der Waals surface area (Å²) in [4.78, 5) is 15.3. The molecule has 0 aliphatic carbocycles.